The van der Waals surface area contributed by atoms with E-state index in [4.69, 9.17) is 0 Å². The van der Waals surface area contributed by atoms with Crippen LogP contribution in [0.25, 0.3) is 0 Å². The number of benzene rings is 1. The molecule has 1 aromatic carbocycles. The maximum absolute atomic E-state index is 13.5. The molecule has 0 saturated carbocycles. The Morgan fingerprint density at radius 1 is 1.20 bits per heavy atom. The van der Waals surface area contributed by atoms with Gasteiger partial charge in [0, 0.05) is 12.7 Å². The Labute approximate surface area is 115 Å². The van der Waals surface area contributed by atoms with Gasteiger partial charge >= 0.3 is 0 Å². The van der Waals surface area contributed by atoms with Gasteiger partial charge in [-0.1, -0.05) is 12.1 Å². The molecule has 20 heavy (non-hydrogen) atoms. The minimum Gasteiger partial charge on any atom is -0.348 e. The first-order valence-electron chi connectivity index (χ1n) is 6.13. The first-order valence-corrected chi connectivity index (χ1v) is 6.13. The van der Waals surface area contributed by atoms with Crippen LogP contribution in [0.5, 0.6) is 0 Å². The van der Waals surface area contributed by atoms with Crippen molar-refractivity contribution in [2.75, 3.05) is 0 Å². The molecule has 1 aromatic heterocycles. The van der Waals surface area contributed by atoms with Crippen LogP contribution in [0.1, 0.15) is 27.0 Å². The predicted octanol–water partition coefficient (Wildman–Crippen LogP) is 2.91. The minimum absolute atomic E-state index is 0.234. The van der Waals surface area contributed by atoms with Crippen LogP contribution in [-0.4, -0.2) is 10.9 Å². The molecule has 0 fully saturated rings. The molecular weight excluding hydrogens is 262 g/mol. The van der Waals surface area contributed by atoms with Crippen molar-refractivity contribution in [3.8, 4) is 0 Å². The molecule has 0 spiro atoms. The van der Waals surface area contributed by atoms with Crippen molar-refractivity contribution in [2.45, 2.75) is 20.4 Å². The molecule has 104 valence electrons. The molecule has 0 saturated heterocycles. The highest BCUT2D eigenvalue weighted by molar-refractivity contribution is 5.93. The van der Waals surface area contributed by atoms with Gasteiger partial charge in [0.25, 0.3) is 5.91 Å². The van der Waals surface area contributed by atoms with Crippen LogP contribution in [0.2, 0.25) is 0 Å². The summed E-state index contributed by atoms with van der Waals surface area (Å²) in [5.74, 6) is -1.22. The summed E-state index contributed by atoms with van der Waals surface area (Å²) in [6, 6.07) is 5.86. The summed E-state index contributed by atoms with van der Waals surface area (Å²) in [5, 5.41) is 2.68. The first kappa shape index (κ1) is 14.1. The number of nitrogens with zero attached hydrogens (tertiary/aromatic N) is 1. The summed E-state index contributed by atoms with van der Waals surface area (Å²) < 4.78 is 26.1. The number of aromatic nitrogens is 1. The summed E-state index contributed by atoms with van der Waals surface area (Å²) in [5.41, 5.74) is 2.17. The van der Waals surface area contributed by atoms with Crippen molar-refractivity contribution >= 4 is 5.91 Å². The van der Waals surface area contributed by atoms with Crippen molar-refractivity contribution in [1.82, 2.24) is 10.3 Å². The van der Waals surface area contributed by atoms with Gasteiger partial charge in [0.05, 0.1) is 5.56 Å². The van der Waals surface area contributed by atoms with Gasteiger partial charge in [-0.3, -0.25) is 4.79 Å². The van der Waals surface area contributed by atoms with Crippen molar-refractivity contribution < 1.29 is 13.6 Å². The quantitative estimate of drug-likeness (QED) is 0.876. The fourth-order valence-corrected chi connectivity index (χ4v) is 1.93. The number of hydrogen-bond acceptors (Lipinski definition) is 2. The SMILES string of the molecule is Cc1cc(CNC(=O)c2ccc(F)nc2)cc(C)c1F. The smallest absolute Gasteiger partial charge is 0.253 e. The average Bonchev–Trinajstić information content (AvgIpc) is 2.42. The zero-order valence-electron chi connectivity index (χ0n) is 11.2. The molecule has 0 atom stereocenters. The Morgan fingerprint density at radius 2 is 1.85 bits per heavy atom. The number of rotatable bonds is 3. The summed E-state index contributed by atoms with van der Waals surface area (Å²) in [6.45, 7) is 3.63. The molecule has 2 aromatic rings. The molecule has 2 rings (SSSR count). The number of carbonyl (C=O) groups is 1. The minimum atomic E-state index is -0.633. The van der Waals surface area contributed by atoms with Gasteiger partial charge in [-0.15, -0.1) is 0 Å². The van der Waals surface area contributed by atoms with Crippen LogP contribution >= 0.6 is 0 Å². The zero-order chi connectivity index (χ0) is 14.7. The second-order valence-electron chi connectivity index (χ2n) is 4.60. The van der Waals surface area contributed by atoms with Crippen LogP contribution in [-0.2, 0) is 6.54 Å². The number of nitrogens with one attached hydrogen (secondary N) is 1. The molecule has 5 heteroatoms. The largest absolute Gasteiger partial charge is 0.348 e. The molecule has 0 unspecified atom stereocenters. The van der Waals surface area contributed by atoms with Crippen molar-refractivity contribution in [3.63, 3.8) is 0 Å². The number of amides is 1. The third kappa shape index (κ3) is 3.17. The lowest BCUT2D eigenvalue weighted by Gasteiger charge is -2.08. The Morgan fingerprint density at radius 3 is 2.40 bits per heavy atom. The number of hydrogen-bond donors (Lipinski definition) is 1. The molecule has 0 aliphatic rings. The number of carbonyl (C=O) groups excluding carboxylic acids is 1. The lowest BCUT2D eigenvalue weighted by molar-refractivity contribution is 0.0950. The van der Waals surface area contributed by atoms with Crippen LogP contribution in [0.4, 0.5) is 8.78 Å². The molecule has 0 bridgehead atoms. The second kappa shape index (κ2) is 5.77. The second-order valence-corrected chi connectivity index (χ2v) is 4.60. The zero-order valence-corrected chi connectivity index (χ0v) is 11.2. The van der Waals surface area contributed by atoms with Gasteiger partial charge in [0.1, 0.15) is 5.82 Å². The Kier molecular flexibility index (Phi) is 4.08. The van der Waals surface area contributed by atoms with E-state index in [0.717, 1.165) is 11.6 Å². The Bertz CT molecular complexity index is 616. The lowest BCUT2D eigenvalue weighted by atomic mass is 10.1. The fraction of sp³-hybridized carbons (Fsp3) is 0.200. The Hall–Kier alpha value is -2.30. The van der Waals surface area contributed by atoms with E-state index in [-0.39, 0.29) is 23.8 Å². The summed E-state index contributed by atoms with van der Waals surface area (Å²) in [6.07, 6.45) is 1.17. The van der Waals surface area contributed by atoms with Crippen molar-refractivity contribution in [1.29, 1.82) is 0 Å². The highest BCUT2D eigenvalue weighted by atomic mass is 19.1. The van der Waals surface area contributed by atoms with E-state index < -0.39 is 5.95 Å². The van der Waals surface area contributed by atoms with Crippen LogP contribution in [0.15, 0.2) is 30.5 Å². The van der Waals surface area contributed by atoms with E-state index in [2.05, 4.69) is 10.3 Å². The maximum Gasteiger partial charge on any atom is 0.253 e. The molecule has 1 heterocycles. The van der Waals surface area contributed by atoms with E-state index in [1.807, 2.05) is 0 Å². The van der Waals surface area contributed by atoms with E-state index >= 15 is 0 Å². The molecular formula is C15H14F2N2O. The molecule has 1 amide bonds. The highest BCUT2D eigenvalue weighted by Gasteiger charge is 2.08. The average molecular weight is 276 g/mol. The van der Waals surface area contributed by atoms with E-state index in [9.17, 15) is 13.6 Å². The van der Waals surface area contributed by atoms with Gasteiger partial charge in [-0.2, -0.15) is 4.39 Å². The summed E-state index contributed by atoms with van der Waals surface area (Å²) in [7, 11) is 0. The van der Waals surface area contributed by atoms with E-state index in [1.54, 1.807) is 26.0 Å². The summed E-state index contributed by atoms with van der Waals surface area (Å²) >= 11 is 0. The molecule has 0 aliphatic heterocycles. The Balaban J connectivity index is 2.05. The van der Waals surface area contributed by atoms with Crippen molar-refractivity contribution in [3.05, 3.63) is 64.5 Å². The van der Waals surface area contributed by atoms with Gasteiger partial charge in [0.2, 0.25) is 5.95 Å². The first-order chi connectivity index (χ1) is 9.47. The predicted molar refractivity (Wildman–Crippen MR) is 71.2 cm³/mol. The third-order valence-corrected chi connectivity index (χ3v) is 2.94. The van der Waals surface area contributed by atoms with Gasteiger partial charge in [-0.05, 0) is 42.7 Å². The van der Waals surface area contributed by atoms with Crippen LogP contribution in [0, 0.1) is 25.6 Å². The van der Waals surface area contributed by atoms with Gasteiger partial charge in [0.15, 0.2) is 0 Å². The number of aryl methyl sites for hydroxylation is 2. The molecule has 3 nitrogen and oxygen atoms in total. The highest BCUT2D eigenvalue weighted by Crippen LogP contribution is 2.14. The fourth-order valence-electron chi connectivity index (χ4n) is 1.93. The monoisotopic (exact) mass is 276 g/mol. The molecule has 1 N–H and O–H groups in total. The van der Waals surface area contributed by atoms with E-state index in [0.29, 0.717) is 11.1 Å². The maximum atomic E-state index is 13.5. The van der Waals surface area contributed by atoms with Gasteiger partial charge in [-0.25, -0.2) is 9.37 Å². The standard InChI is InChI=1S/C15H14F2N2O/c1-9-5-11(6-10(2)14(9)17)7-19-15(20)12-3-4-13(16)18-8-12/h3-6,8H,7H2,1-2H3,(H,19,20). The lowest BCUT2D eigenvalue weighted by Crippen LogP contribution is -2.23. The molecule has 0 aliphatic carbocycles. The normalized spacial score (nSPS) is 10.4. The number of pyridine rings is 1. The summed E-state index contributed by atoms with van der Waals surface area (Å²) in [4.78, 5) is 15.2. The topological polar surface area (TPSA) is 42.0 Å². The van der Waals surface area contributed by atoms with Crippen LogP contribution < -0.4 is 5.32 Å². The van der Waals surface area contributed by atoms with Crippen molar-refractivity contribution in [2.24, 2.45) is 0 Å². The van der Waals surface area contributed by atoms with Crippen LogP contribution in [0.3, 0.4) is 0 Å². The van der Waals surface area contributed by atoms with Gasteiger partial charge < -0.3 is 5.32 Å². The third-order valence-electron chi connectivity index (χ3n) is 2.94. The molecule has 0 radical (unpaired) electrons. The van der Waals surface area contributed by atoms with E-state index in [1.165, 1.54) is 12.3 Å². The number of halogens is 2.